The van der Waals surface area contributed by atoms with Crippen LogP contribution in [0, 0.1) is 0 Å². The SMILES string of the molecule is CCNC(C)(CCOCC1CCCO1)C(N)=O. The largest absolute Gasteiger partial charge is 0.379 e. The number of carbonyl (C=O) groups excluding carboxylic acids is 1. The quantitative estimate of drug-likeness (QED) is 0.607. The van der Waals surface area contributed by atoms with Gasteiger partial charge in [0.2, 0.25) is 5.91 Å². The van der Waals surface area contributed by atoms with E-state index in [1.165, 1.54) is 0 Å². The van der Waals surface area contributed by atoms with Crippen LogP contribution in [0.4, 0.5) is 0 Å². The molecule has 0 aromatic carbocycles. The molecular formula is C12H24N2O3. The van der Waals surface area contributed by atoms with Crippen LogP contribution in [-0.2, 0) is 14.3 Å². The summed E-state index contributed by atoms with van der Waals surface area (Å²) >= 11 is 0. The molecule has 0 aliphatic carbocycles. The summed E-state index contributed by atoms with van der Waals surface area (Å²) in [5.41, 5.74) is 4.70. The van der Waals surface area contributed by atoms with Gasteiger partial charge in [0, 0.05) is 13.2 Å². The molecule has 0 aromatic rings. The van der Waals surface area contributed by atoms with Crippen LogP contribution in [0.2, 0.25) is 0 Å². The van der Waals surface area contributed by atoms with Crippen LogP contribution in [-0.4, -0.2) is 43.9 Å². The van der Waals surface area contributed by atoms with E-state index in [9.17, 15) is 4.79 Å². The molecule has 1 amide bonds. The standard InChI is InChI=1S/C12H24N2O3/c1-3-14-12(2,11(13)15)6-8-16-9-10-5-4-7-17-10/h10,14H,3-9H2,1-2H3,(H2,13,15). The van der Waals surface area contributed by atoms with Crippen molar-refractivity contribution in [2.75, 3.05) is 26.4 Å². The maximum Gasteiger partial charge on any atom is 0.237 e. The average molecular weight is 244 g/mol. The van der Waals surface area contributed by atoms with Crippen LogP contribution >= 0.6 is 0 Å². The lowest BCUT2D eigenvalue weighted by atomic mass is 9.97. The van der Waals surface area contributed by atoms with Crippen molar-refractivity contribution in [3.8, 4) is 0 Å². The lowest BCUT2D eigenvalue weighted by molar-refractivity contribution is -0.124. The van der Waals surface area contributed by atoms with Crippen molar-refractivity contribution in [3.05, 3.63) is 0 Å². The molecule has 1 heterocycles. The predicted molar refractivity (Wildman–Crippen MR) is 65.7 cm³/mol. The number of hydrogen-bond donors (Lipinski definition) is 2. The number of nitrogens with two attached hydrogens (primary N) is 1. The fourth-order valence-corrected chi connectivity index (χ4v) is 1.96. The van der Waals surface area contributed by atoms with Crippen LogP contribution in [0.5, 0.6) is 0 Å². The first kappa shape index (κ1) is 14.4. The van der Waals surface area contributed by atoms with Gasteiger partial charge in [0.1, 0.15) is 0 Å². The number of carbonyl (C=O) groups is 1. The van der Waals surface area contributed by atoms with E-state index in [2.05, 4.69) is 5.32 Å². The average Bonchev–Trinajstić information content (AvgIpc) is 2.77. The van der Waals surface area contributed by atoms with Crippen LogP contribution in [0.25, 0.3) is 0 Å². The Labute approximate surface area is 103 Å². The highest BCUT2D eigenvalue weighted by atomic mass is 16.5. The van der Waals surface area contributed by atoms with Crippen molar-refractivity contribution >= 4 is 5.91 Å². The molecule has 1 aliphatic rings. The Morgan fingerprint density at radius 2 is 2.41 bits per heavy atom. The zero-order valence-electron chi connectivity index (χ0n) is 10.8. The van der Waals surface area contributed by atoms with Crippen molar-refractivity contribution in [1.82, 2.24) is 5.32 Å². The van der Waals surface area contributed by atoms with Gasteiger partial charge in [-0.15, -0.1) is 0 Å². The first-order valence-corrected chi connectivity index (χ1v) is 6.33. The van der Waals surface area contributed by atoms with Gasteiger partial charge in [-0.3, -0.25) is 4.79 Å². The monoisotopic (exact) mass is 244 g/mol. The van der Waals surface area contributed by atoms with Crippen LogP contribution < -0.4 is 11.1 Å². The first-order valence-electron chi connectivity index (χ1n) is 6.33. The zero-order valence-corrected chi connectivity index (χ0v) is 10.8. The second-order valence-corrected chi connectivity index (χ2v) is 4.69. The number of primary amides is 1. The number of nitrogens with one attached hydrogen (secondary N) is 1. The molecule has 5 nitrogen and oxygen atoms in total. The molecule has 0 bridgehead atoms. The van der Waals surface area contributed by atoms with Gasteiger partial charge in [0.25, 0.3) is 0 Å². The summed E-state index contributed by atoms with van der Waals surface area (Å²) in [4.78, 5) is 11.3. The summed E-state index contributed by atoms with van der Waals surface area (Å²) in [6, 6.07) is 0. The molecule has 5 heteroatoms. The summed E-state index contributed by atoms with van der Waals surface area (Å²) in [5.74, 6) is -0.333. The Kier molecular flexibility index (Phi) is 5.88. The second-order valence-electron chi connectivity index (χ2n) is 4.69. The minimum atomic E-state index is -0.675. The maximum absolute atomic E-state index is 11.3. The summed E-state index contributed by atoms with van der Waals surface area (Å²) in [6.07, 6.45) is 3.00. The van der Waals surface area contributed by atoms with Crippen LogP contribution in [0.3, 0.4) is 0 Å². The van der Waals surface area contributed by atoms with Crippen LogP contribution in [0.15, 0.2) is 0 Å². The topological polar surface area (TPSA) is 73.6 Å². The Balaban J connectivity index is 2.20. The van der Waals surface area contributed by atoms with E-state index >= 15 is 0 Å². The minimum absolute atomic E-state index is 0.231. The summed E-state index contributed by atoms with van der Waals surface area (Å²) in [5, 5.41) is 3.10. The normalized spacial score (nSPS) is 23.5. The van der Waals surface area contributed by atoms with E-state index in [-0.39, 0.29) is 12.0 Å². The summed E-state index contributed by atoms with van der Waals surface area (Å²) in [6.45, 7) is 6.45. The summed E-state index contributed by atoms with van der Waals surface area (Å²) < 4.78 is 11.0. The highest BCUT2D eigenvalue weighted by Gasteiger charge is 2.29. The molecule has 0 aromatic heterocycles. The number of amides is 1. The van der Waals surface area contributed by atoms with E-state index in [0.717, 1.165) is 19.4 Å². The molecule has 1 rings (SSSR count). The molecule has 0 saturated carbocycles. The number of likely N-dealkylation sites (N-methyl/N-ethyl adjacent to an activating group) is 1. The summed E-state index contributed by atoms with van der Waals surface area (Å²) in [7, 11) is 0. The molecule has 100 valence electrons. The zero-order chi connectivity index (χ0) is 12.7. The van der Waals surface area contributed by atoms with E-state index < -0.39 is 5.54 Å². The van der Waals surface area contributed by atoms with Gasteiger partial charge in [-0.1, -0.05) is 6.92 Å². The molecule has 0 radical (unpaired) electrons. The number of ether oxygens (including phenoxy) is 2. The van der Waals surface area contributed by atoms with Crippen molar-refractivity contribution in [2.45, 2.75) is 44.8 Å². The molecule has 1 fully saturated rings. The molecule has 2 unspecified atom stereocenters. The molecule has 1 aliphatic heterocycles. The van der Waals surface area contributed by atoms with E-state index in [0.29, 0.717) is 26.2 Å². The lowest BCUT2D eigenvalue weighted by Crippen LogP contribution is -2.53. The third kappa shape index (κ3) is 4.61. The lowest BCUT2D eigenvalue weighted by Gasteiger charge is -2.27. The van der Waals surface area contributed by atoms with Crippen LogP contribution in [0.1, 0.15) is 33.1 Å². The molecule has 1 saturated heterocycles. The first-order chi connectivity index (χ1) is 8.08. The number of rotatable bonds is 8. The van der Waals surface area contributed by atoms with Crippen molar-refractivity contribution in [2.24, 2.45) is 5.73 Å². The second kappa shape index (κ2) is 6.93. The highest BCUT2D eigenvalue weighted by Crippen LogP contribution is 2.13. The van der Waals surface area contributed by atoms with Gasteiger partial charge in [-0.05, 0) is 32.7 Å². The molecular weight excluding hydrogens is 220 g/mol. The Morgan fingerprint density at radius 1 is 1.65 bits per heavy atom. The molecule has 3 N–H and O–H groups in total. The van der Waals surface area contributed by atoms with Gasteiger partial charge in [-0.2, -0.15) is 0 Å². The van der Waals surface area contributed by atoms with Gasteiger partial charge < -0.3 is 20.5 Å². The van der Waals surface area contributed by atoms with Gasteiger partial charge in [0.15, 0.2) is 0 Å². The molecule has 0 spiro atoms. The van der Waals surface area contributed by atoms with Gasteiger partial charge in [0.05, 0.1) is 18.2 Å². The minimum Gasteiger partial charge on any atom is -0.379 e. The highest BCUT2D eigenvalue weighted by molar-refractivity contribution is 5.84. The van der Waals surface area contributed by atoms with Crippen molar-refractivity contribution in [3.63, 3.8) is 0 Å². The fraction of sp³-hybridized carbons (Fsp3) is 0.917. The maximum atomic E-state index is 11.3. The third-order valence-corrected chi connectivity index (χ3v) is 3.18. The fourth-order valence-electron chi connectivity index (χ4n) is 1.96. The van der Waals surface area contributed by atoms with Gasteiger partial charge in [-0.25, -0.2) is 0 Å². The van der Waals surface area contributed by atoms with Gasteiger partial charge >= 0.3 is 0 Å². The van der Waals surface area contributed by atoms with Crippen molar-refractivity contribution in [1.29, 1.82) is 0 Å². The van der Waals surface area contributed by atoms with E-state index in [1.54, 1.807) is 0 Å². The Hall–Kier alpha value is -0.650. The third-order valence-electron chi connectivity index (χ3n) is 3.18. The van der Waals surface area contributed by atoms with E-state index in [4.69, 9.17) is 15.2 Å². The molecule has 17 heavy (non-hydrogen) atoms. The predicted octanol–water partition coefficient (Wildman–Crippen LogP) is 0.426. The number of hydrogen-bond acceptors (Lipinski definition) is 4. The van der Waals surface area contributed by atoms with Crippen molar-refractivity contribution < 1.29 is 14.3 Å². The Morgan fingerprint density at radius 3 is 2.94 bits per heavy atom. The van der Waals surface area contributed by atoms with E-state index in [1.807, 2.05) is 13.8 Å². The molecule has 2 atom stereocenters. The smallest absolute Gasteiger partial charge is 0.237 e. The Bertz CT molecular complexity index is 242.